The number of hydrogen-bond donors (Lipinski definition) is 2. The maximum atomic E-state index is 14.0. The molecule has 1 aromatic carbocycles. The number of rotatable bonds is 7. The van der Waals surface area contributed by atoms with E-state index in [2.05, 4.69) is 18.6 Å². The van der Waals surface area contributed by atoms with Crippen LogP contribution in [0.2, 0.25) is 5.02 Å². The highest BCUT2D eigenvalue weighted by atomic mass is 35.5. The molecule has 0 aromatic heterocycles. The summed E-state index contributed by atoms with van der Waals surface area (Å²) in [5.74, 6) is -0.348. The largest absolute Gasteiger partial charge is 0.326 e. The molecule has 0 atom stereocenters. The molecule has 0 aliphatic rings. The summed E-state index contributed by atoms with van der Waals surface area (Å²) >= 11 is 5.80. The van der Waals surface area contributed by atoms with Gasteiger partial charge in [-0.1, -0.05) is 25.4 Å². The van der Waals surface area contributed by atoms with Gasteiger partial charge >= 0.3 is 0 Å². The quantitative estimate of drug-likeness (QED) is 0.758. The van der Waals surface area contributed by atoms with E-state index in [-0.39, 0.29) is 23.7 Å². The normalized spacial score (nSPS) is 12.1. The number of nitrogens with two attached hydrogens (primary N) is 1. The monoisotopic (exact) mass is 322 g/mol. The summed E-state index contributed by atoms with van der Waals surface area (Å²) in [6, 6.07) is 2.43. The van der Waals surface area contributed by atoms with Gasteiger partial charge in [-0.2, -0.15) is 0 Å². The third-order valence-corrected chi connectivity index (χ3v) is 4.52. The Morgan fingerprint density at radius 1 is 1.40 bits per heavy atom. The van der Waals surface area contributed by atoms with E-state index in [4.69, 9.17) is 17.3 Å². The minimum Gasteiger partial charge on any atom is -0.326 e. The van der Waals surface area contributed by atoms with Crippen LogP contribution in [-0.4, -0.2) is 15.0 Å². The van der Waals surface area contributed by atoms with Gasteiger partial charge in [0.2, 0.25) is 10.0 Å². The van der Waals surface area contributed by atoms with E-state index >= 15 is 0 Å². The molecule has 4 nitrogen and oxygen atoms in total. The first-order valence-electron chi connectivity index (χ1n) is 6.45. The molecule has 0 spiro atoms. The average Bonchev–Trinajstić information content (AvgIpc) is 2.36. The van der Waals surface area contributed by atoms with Crippen LogP contribution in [0.1, 0.15) is 32.3 Å². The molecule has 0 heterocycles. The van der Waals surface area contributed by atoms with Gasteiger partial charge in [0, 0.05) is 23.7 Å². The summed E-state index contributed by atoms with van der Waals surface area (Å²) in [7, 11) is -3.91. The molecule has 20 heavy (non-hydrogen) atoms. The van der Waals surface area contributed by atoms with Gasteiger partial charge in [-0.15, -0.1) is 0 Å². The van der Waals surface area contributed by atoms with Crippen LogP contribution in [0.5, 0.6) is 0 Å². The Kier molecular flexibility index (Phi) is 6.39. The van der Waals surface area contributed by atoms with Crippen LogP contribution in [0.25, 0.3) is 0 Å². The van der Waals surface area contributed by atoms with Crippen LogP contribution in [0.3, 0.4) is 0 Å². The Morgan fingerprint density at radius 2 is 2.05 bits per heavy atom. The van der Waals surface area contributed by atoms with Crippen molar-refractivity contribution >= 4 is 21.6 Å². The lowest BCUT2D eigenvalue weighted by Crippen LogP contribution is -2.26. The van der Waals surface area contributed by atoms with Crippen LogP contribution >= 0.6 is 11.6 Å². The summed E-state index contributed by atoms with van der Waals surface area (Å²) in [6.45, 7) is 4.27. The molecule has 7 heteroatoms. The molecule has 0 amide bonds. The molecule has 0 saturated carbocycles. The number of hydrogen-bond acceptors (Lipinski definition) is 3. The first-order valence-corrected chi connectivity index (χ1v) is 8.31. The zero-order valence-electron chi connectivity index (χ0n) is 11.6. The molecular weight excluding hydrogens is 303 g/mol. The van der Waals surface area contributed by atoms with Gasteiger partial charge in [0.05, 0.1) is 0 Å². The summed E-state index contributed by atoms with van der Waals surface area (Å²) in [4.78, 5) is -0.449. The highest BCUT2D eigenvalue weighted by molar-refractivity contribution is 7.89. The molecule has 3 N–H and O–H groups in total. The molecule has 0 bridgehead atoms. The number of benzene rings is 1. The van der Waals surface area contributed by atoms with Crippen LogP contribution in [0.4, 0.5) is 4.39 Å². The minimum atomic E-state index is -3.91. The molecule has 0 radical (unpaired) electrons. The van der Waals surface area contributed by atoms with E-state index < -0.39 is 20.7 Å². The van der Waals surface area contributed by atoms with Gasteiger partial charge < -0.3 is 5.73 Å². The van der Waals surface area contributed by atoms with Crippen molar-refractivity contribution in [2.24, 2.45) is 11.7 Å². The van der Waals surface area contributed by atoms with Crippen molar-refractivity contribution in [3.05, 3.63) is 28.5 Å². The van der Waals surface area contributed by atoms with Crippen LogP contribution in [-0.2, 0) is 16.6 Å². The van der Waals surface area contributed by atoms with E-state index in [0.717, 1.165) is 12.5 Å². The van der Waals surface area contributed by atoms with Crippen molar-refractivity contribution in [1.29, 1.82) is 0 Å². The van der Waals surface area contributed by atoms with Crippen LogP contribution in [0, 0.1) is 11.7 Å². The predicted octanol–water partition coefficient (Wildman–Crippen LogP) is 2.65. The fourth-order valence-electron chi connectivity index (χ4n) is 1.76. The van der Waals surface area contributed by atoms with Gasteiger partial charge in [-0.3, -0.25) is 0 Å². The van der Waals surface area contributed by atoms with Gasteiger partial charge in [-0.25, -0.2) is 17.5 Å². The third kappa shape index (κ3) is 4.70. The molecule has 114 valence electrons. The Bertz CT molecular complexity index is 562. The van der Waals surface area contributed by atoms with Crippen LogP contribution in [0.15, 0.2) is 17.0 Å². The number of sulfonamides is 1. The number of nitrogens with one attached hydrogen (secondary N) is 1. The van der Waals surface area contributed by atoms with Gasteiger partial charge in [0.25, 0.3) is 0 Å². The van der Waals surface area contributed by atoms with Gasteiger partial charge in [0.15, 0.2) is 0 Å². The second kappa shape index (κ2) is 7.36. The third-order valence-electron chi connectivity index (χ3n) is 2.84. The van der Waals surface area contributed by atoms with Crippen molar-refractivity contribution in [2.75, 3.05) is 6.54 Å². The molecule has 0 unspecified atom stereocenters. The minimum absolute atomic E-state index is 0.0834. The molecule has 1 aromatic rings. The standard InChI is InChI=1S/C13H20ClFN2O2S/c1-9(2)4-3-5-17-20(18,19)12-7-11(14)6-10(8-16)13(12)15/h6-7,9,17H,3-5,8,16H2,1-2H3. The average molecular weight is 323 g/mol. The molecule has 0 saturated heterocycles. The first-order chi connectivity index (χ1) is 9.27. The van der Waals surface area contributed by atoms with E-state index in [1.165, 1.54) is 6.07 Å². The smallest absolute Gasteiger partial charge is 0.243 e. The van der Waals surface area contributed by atoms with Crippen LogP contribution < -0.4 is 10.5 Å². The maximum Gasteiger partial charge on any atom is 0.243 e. The topological polar surface area (TPSA) is 72.2 Å². The van der Waals surface area contributed by atoms with Crippen molar-refractivity contribution < 1.29 is 12.8 Å². The van der Waals surface area contributed by atoms with Crippen molar-refractivity contribution in [3.8, 4) is 0 Å². The summed E-state index contributed by atoms with van der Waals surface area (Å²) in [6.07, 6.45) is 1.59. The van der Waals surface area contributed by atoms with E-state index in [1.807, 2.05) is 0 Å². The summed E-state index contributed by atoms with van der Waals surface area (Å²) in [5, 5.41) is 0.148. The second-order valence-electron chi connectivity index (χ2n) is 5.02. The fraction of sp³-hybridized carbons (Fsp3) is 0.538. The molecule has 0 aliphatic heterocycles. The maximum absolute atomic E-state index is 14.0. The second-order valence-corrected chi connectivity index (χ2v) is 7.19. The zero-order valence-corrected chi connectivity index (χ0v) is 13.2. The van der Waals surface area contributed by atoms with Gasteiger partial charge in [0.1, 0.15) is 10.7 Å². The summed E-state index contributed by atoms with van der Waals surface area (Å²) in [5.41, 5.74) is 5.46. The summed E-state index contributed by atoms with van der Waals surface area (Å²) < 4.78 is 40.5. The predicted molar refractivity (Wildman–Crippen MR) is 78.6 cm³/mol. The Morgan fingerprint density at radius 3 is 2.60 bits per heavy atom. The van der Waals surface area contributed by atoms with Crippen molar-refractivity contribution in [1.82, 2.24) is 4.72 Å². The molecule has 1 rings (SSSR count). The Balaban J connectivity index is 2.90. The lowest BCUT2D eigenvalue weighted by atomic mass is 10.1. The highest BCUT2D eigenvalue weighted by Crippen LogP contribution is 2.23. The number of halogens is 2. The molecule has 0 aliphatic carbocycles. The van der Waals surface area contributed by atoms with Crippen molar-refractivity contribution in [2.45, 2.75) is 38.1 Å². The Hall–Kier alpha value is -0.690. The zero-order chi connectivity index (χ0) is 15.3. The highest BCUT2D eigenvalue weighted by Gasteiger charge is 2.21. The lowest BCUT2D eigenvalue weighted by molar-refractivity contribution is 0.531. The van der Waals surface area contributed by atoms with E-state index in [0.29, 0.717) is 12.3 Å². The van der Waals surface area contributed by atoms with Gasteiger partial charge in [-0.05, 0) is 30.9 Å². The first kappa shape index (κ1) is 17.4. The molecule has 0 fully saturated rings. The van der Waals surface area contributed by atoms with Crippen molar-refractivity contribution in [3.63, 3.8) is 0 Å². The van der Waals surface area contributed by atoms with E-state index in [9.17, 15) is 12.8 Å². The fourth-order valence-corrected chi connectivity index (χ4v) is 3.28. The Labute approximate surface area is 124 Å². The lowest BCUT2D eigenvalue weighted by Gasteiger charge is -2.11. The van der Waals surface area contributed by atoms with E-state index in [1.54, 1.807) is 0 Å². The SMILES string of the molecule is CC(C)CCCNS(=O)(=O)c1cc(Cl)cc(CN)c1F. The molecular formula is C13H20ClFN2O2S.